The van der Waals surface area contributed by atoms with Gasteiger partial charge < -0.3 is 19.7 Å². The maximum atomic E-state index is 12.5. The first-order chi connectivity index (χ1) is 13.2. The molecule has 6 heteroatoms. The Morgan fingerprint density at radius 2 is 1.75 bits per heavy atom. The van der Waals surface area contributed by atoms with Gasteiger partial charge in [-0.1, -0.05) is 26.8 Å². The summed E-state index contributed by atoms with van der Waals surface area (Å²) in [5, 5.41) is 3.11. The van der Waals surface area contributed by atoms with Gasteiger partial charge in [0.15, 0.2) is 11.5 Å². The van der Waals surface area contributed by atoms with Gasteiger partial charge in [-0.2, -0.15) is 0 Å². The van der Waals surface area contributed by atoms with Crippen molar-refractivity contribution in [2.75, 3.05) is 27.3 Å². The molecular formula is C22H34N2O4. The number of piperidine rings is 1. The molecule has 1 aliphatic heterocycles. The number of carbonyl (C=O) groups excluding carboxylic acids is 2. The van der Waals surface area contributed by atoms with Crippen LogP contribution in [-0.4, -0.2) is 50.1 Å². The third kappa shape index (κ3) is 6.73. The highest BCUT2D eigenvalue weighted by molar-refractivity contribution is 5.77. The molecule has 1 saturated heterocycles. The van der Waals surface area contributed by atoms with Crippen molar-refractivity contribution in [3.8, 4) is 11.5 Å². The number of amides is 2. The van der Waals surface area contributed by atoms with Gasteiger partial charge in [-0.3, -0.25) is 9.59 Å². The van der Waals surface area contributed by atoms with Crippen LogP contribution in [0.15, 0.2) is 18.2 Å². The molecule has 0 radical (unpaired) electrons. The number of ether oxygens (including phenoxy) is 2. The van der Waals surface area contributed by atoms with E-state index in [9.17, 15) is 9.59 Å². The van der Waals surface area contributed by atoms with Crippen LogP contribution in [0.4, 0.5) is 0 Å². The number of nitrogens with one attached hydrogen (secondary N) is 1. The van der Waals surface area contributed by atoms with Crippen molar-refractivity contribution < 1.29 is 19.1 Å². The second-order valence-electron chi connectivity index (χ2n) is 8.65. The summed E-state index contributed by atoms with van der Waals surface area (Å²) >= 11 is 0. The van der Waals surface area contributed by atoms with Crippen molar-refractivity contribution >= 4 is 11.8 Å². The van der Waals surface area contributed by atoms with E-state index in [-0.39, 0.29) is 23.3 Å². The molecule has 6 nitrogen and oxygen atoms in total. The molecular weight excluding hydrogens is 356 g/mol. The van der Waals surface area contributed by atoms with Crippen LogP contribution < -0.4 is 14.8 Å². The summed E-state index contributed by atoms with van der Waals surface area (Å²) < 4.78 is 10.6. The molecule has 1 aromatic rings. The second kappa shape index (κ2) is 9.80. The predicted octanol–water partition coefficient (Wildman–Crippen LogP) is 3.18. The average Bonchev–Trinajstić information content (AvgIpc) is 2.64. The summed E-state index contributed by atoms with van der Waals surface area (Å²) in [5.41, 5.74) is 1.04. The Morgan fingerprint density at radius 1 is 1.11 bits per heavy atom. The number of rotatable bonds is 7. The van der Waals surface area contributed by atoms with Gasteiger partial charge in [-0.05, 0) is 42.4 Å². The van der Waals surface area contributed by atoms with Crippen LogP contribution in [-0.2, 0) is 16.0 Å². The number of aryl methyl sites for hydroxylation is 1. The molecule has 0 atom stereocenters. The number of hydrogen-bond acceptors (Lipinski definition) is 4. The number of hydrogen-bond donors (Lipinski definition) is 1. The molecule has 156 valence electrons. The first-order valence-electron chi connectivity index (χ1n) is 10.00. The minimum Gasteiger partial charge on any atom is -0.493 e. The molecule has 0 unspecified atom stereocenters. The van der Waals surface area contributed by atoms with Crippen molar-refractivity contribution in [1.29, 1.82) is 0 Å². The monoisotopic (exact) mass is 390 g/mol. The van der Waals surface area contributed by atoms with E-state index in [2.05, 4.69) is 26.1 Å². The van der Waals surface area contributed by atoms with Crippen LogP contribution in [0.3, 0.4) is 0 Å². The SMILES string of the molecule is COc1ccc(CCC(=O)N2CCC(NC(=O)CC(C)(C)C)CC2)cc1OC. The summed E-state index contributed by atoms with van der Waals surface area (Å²) in [5.74, 6) is 1.63. The summed E-state index contributed by atoms with van der Waals surface area (Å²) in [7, 11) is 3.22. The van der Waals surface area contributed by atoms with Gasteiger partial charge in [-0.15, -0.1) is 0 Å². The zero-order valence-electron chi connectivity index (χ0n) is 17.8. The highest BCUT2D eigenvalue weighted by Crippen LogP contribution is 2.28. The van der Waals surface area contributed by atoms with Crippen LogP contribution in [0.1, 0.15) is 52.0 Å². The van der Waals surface area contributed by atoms with Gasteiger partial charge in [0.05, 0.1) is 14.2 Å². The Bertz CT molecular complexity index is 674. The molecule has 0 spiro atoms. The van der Waals surface area contributed by atoms with Crippen molar-refractivity contribution in [3.05, 3.63) is 23.8 Å². The number of likely N-dealkylation sites (tertiary alicyclic amines) is 1. The molecule has 0 aliphatic carbocycles. The van der Waals surface area contributed by atoms with E-state index in [4.69, 9.17) is 9.47 Å². The van der Waals surface area contributed by atoms with Gasteiger partial charge >= 0.3 is 0 Å². The molecule has 0 bridgehead atoms. The highest BCUT2D eigenvalue weighted by atomic mass is 16.5. The number of nitrogens with zero attached hydrogens (tertiary/aromatic N) is 1. The predicted molar refractivity (Wildman–Crippen MR) is 110 cm³/mol. The molecule has 28 heavy (non-hydrogen) atoms. The van der Waals surface area contributed by atoms with E-state index < -0.39 is 0 Å². The molecule has 0 saturated carbocycles. The zero-order chi connectivity index (χ0) is 20.7. The fourth-order valence-electron chi connectivity index (χ4n) is 3.48. The van der Waals surface area contributed by atoms with E-state index >= 15 is 0 Å². The Morgan fingerprint density at radius 3 is 2.32 bits per heavy atom. The fourth-order valence-corrected chi connectivity index (χ4v) is 3.48. The lowest BCUT2D eigenvalue weighted by atomic mass is 9.91. The molecule has 1 aromatic carbocycles. The van der Waals surface area contributed by atoms with Crippen LogP contribution in [0, 0.1) is 5.41 Å². The van der Waals surface area contributed by atoms with Crippen LogP contribution in [0.5, 0.6) is 11.5 Å². The molecule has 1 fully saturated rings. The largest absolute Gasteiger partial charge is 0.493 e. The normalized spacial score (nSPS) is 15.2. The van der Waals surface area contributed by atoms with Gasteiger partial charge in [0.2, 0.25) is 11.8 Å². The third-order valence-corrected chi connectivity index (χ3v) is 4.98. The second-order valence-corrected chi connectivity index (χ2v) is 8.65. The summed E-state index contributed by atoms with van der Waals surface area (Å²) in [6.07, 6.45) is 3.30. The minimum absolute atomic E-state index is 0.00904. The van der Waals surface area contributed by atoms with E-state index in [1.807, 2.05) is 23.1 Å². The van der Waals surface area contributed by atoms with Crippen molar-refractivity contribution in [3.63, 3.8) is 0 Å². The summed E-state index contributed by atoms with van der Waals surface area (Å²) in [4.78, 5) is 26.5. The van der Waals surface area contributed by atoms with Crippen molar-refractivity contribution in [2.45, 2.75) is 58.9 Å². The van der Waals surface area contributed by atoms with E-state index in [1.54, 1.807) is 14.2 Å². The van der Waals surface area contributed by atoms with Gasteiger partial charge in [0.1, 0.15) is 0 Å². The lowest BCUT2D eigenvalue weighted by Crippen LogP contribution is -2.47. The van der Waals surface area contributed by atoms with Gasteiger partial charge in [0, 0.05) is 32.0 Å². The Kier molecular flexibility index (Phi) is 7.72. The first kappa shape index (κ1) is 22.1. The van der Waals surface area contributed by atoms with Crippen molar-refractivity contribution in [1.82, 2.24) is 10.2 Å². The molecule has 2 amide bonds. The highest BCUT2D eigenvalue weighted by Gasteiger charge is 2.25. The molecule has 1 heterocycles. The molecule has 0 aromatic heterocycles. The molecule has 1 aliphatic rings. The van der Waals surface area contributed by atoms with E-state index in [0.717, 1.165) is 18.4 Å². The number of methoxy groups -OCH3 is 2. The van der Waals surface area contributed by atoms with Crippen LogP contribution >= 0.6 is 0 Å². The van der Waals surface area contributed by atoms with E-state index in [0.29, 0.717) is 43.9 Å². The minimum atomic E-state index is -0.00904. The number of benzene rings is 1. The lowest BCUT2D eigenvalue weighted by molar-refractivity contribution is -0.132. The Balaban J connectivity index is 1.77. The smallest absolute Gasteiger partial charge is 0.222 e. The first-order valence-corrected chi connectivity index (χ1v) is 10.00. The Hall–Kier alpha value is -2.24. The fraction of sp³-hybridized carbons (Fsp3) is 0.636. The lowest BCUT2D eigenvalue weighted by Gasteiger charge is -2.33. The van der Waals surface area contributed by atoms with Gasteiger partial charge in [-0.25, -0.2) is 0 Å². The van der Waals surface area contributed by atoms with Crippen molar-refractivity contribution in [2.24, 2.45) is 5.41 Å². The maximum Gasteiger partial charge on any atom is 0.222 e. The van der Waals surface area contributed by atoms with E-state index in [1.165, 1.54) is 0 Å². The Labute approximate surface area is 168 Å². The molecule has 1 N–H and O–H groups in total. The third-order valence-electron chi connectivity index (χ3n) is 4.98. The van der Waals surface area contributed by atoms with Crippen LogP contribution in [0.2, 0.25) is 0 Å². The quantitative estimate of drug-likeness (QED) is 0.776. The average molecular weight is 391 g/mol. The summed E-state index contributed by atoms with van der Waals surface area (Å²) in [6, 6.07) is 5.92. The number of carbonyl (C=O) groups is 2. The van der Waals surface area contributed by atoms with Crippen LogP contribution in [0.25, 0.3) is 0 Å². The standard InChI is InChI=1S/C22H34N2O4/c1-22(2,3)15-20(25)23-17-10-12-24(13-11-17)21(26)9-7-16-6-8-18(27-4)19(14-16)28-5/h6,8,14,17H,7,9-13,15H2,1-5H3,(H,23,25). The zero-order valence-corrected chi connectivity index (χ0v) is 17.8. The summed E-state index contributed by atoms with van der Waals surface area (Å²) in [6.45, 7) is 7.58. The topological polar surface area (TPSA) is 67.9 Å². The molecule has 2 rings (SSSR count). The van der Waals surface area contributed by atoms with Gasteiger partial charge in [0.25, 0.3) is 0 Å². The maximum absolute atomic E-state index is 12.5.